The third kappa shape index (κ3) is 1.71. The largest absolute Gasteiger partial charge is 0.276 e. The first-order valence-electron chi connectivity index (χ1n) is 3.92. The highest BCUT2D eigenvalue weighted by atomic mass is 28.3. The Kier molecular flexibility index (Phi) is 1.92. The number of rotatable bonds is 1. The van der Waals surface area contributed by atoms with Crippen LogP contribution in [0.15, 0.2) is 6.20 Å². The molecular weight excluding hydrogens is 152 g/mol. The third-order valence-electron chi connectivity index (χ3n) is 1.82. The SMILES string of the molecule is Cc1nn(C)cc1[Si](C)(C)C. The zero-order valence-corrected chi connectivity index (χ0v) is 8.97. The van der Waals surface area contributed by atoms with Gasteiger partial charge in [0.25, 0.3) is 0 Å². The predicted octanol–water partition coefficient (Wildman–Crippen LogP) is 1.27. The van der Waals surface area contributed by atoms with Gasteiger partial charge in [-0.25, -0.2) is 0 Å². The Balaban J connectivity index is 3.13. The van der Waals surface area contributed by atoms with Crippen LogP contribution in [0, 0.1) is 6.92 Å². The zero-order chi connectivity index (χ0) is 8.65. The van der Waals surface area contributed by atoms with Crippen LogP contribution in [0.1, 0.15) is 5.69 Å². The molecule has 0 N–H and O–H groups in total. The smallest absolute Gasteiger partial charge is 0.0820 e. The van der Waals surface area contributed by atoms with Crippen LogP contribution in [-0.2, 0) is 7.05 Å². The minimum absolute atomic E-state index is 1.14. The van der Waals surface area contributed by atoms with Gasteiger partial charge in [-0.1, -0.05) is 19.6 Å². The Morgan fingerprint density at radius 2 is 1.91 bits per heavy atom. The van der Waals surface area contributed by atoms with E-state index in [0.717, 1.165) is 0 Å². The summed E-state index contributed by atoms with van der Waals surface area (Å²) in [6, 6.07) is 0. The summed E-state index contributed by atoms with van der Waals surface area (Å²) in [7, 11) is 0.842. The van der Waals surface area contributed by atoms with Crippen LogP contribution in [-0.4, -0.2) is 17.9 Å². The summed E-state index contributed by atoms with van der Waals surface area (Å²) < 4.78 is 1.91. The average Bonchev–Trinajstić information content (AvgIpc) is 2.08. The molecule has 62 valence electrons. The monoisotopic (exact) mass is 168 g/mol. The van der Waals surface area contributed by atoms with E-state index < -0.39 is 8.07 Å². The highest BCUT2D eigenvalue weighted by Gasteiger charge is 2.20. The molecule has 1 heterocycles. The molecule has 11 heavy (non-hydrogen) atoms. The Hall–Kier alpha value is -0.573. The molecule has 0 bridgehead atoms. The molecule has 0 aliphatic rings. The summed E-state index contributed by atoms with van der Waals surface area (Å²) >= 11 is 0. The summed E-state index contributed by atoms with van der Waals surface area (Å²) in [6.07, 6.45) is 2.15. The van der Waals surface area contributed by atoms with Gasteiger partial charge in [-0.05, 0) is 12.1 Å². The molecule has 0 saturated heterocycles. The fourth-order valence-electron chi connectivity index (χ4n) is 1.34. The van der Waals surface area contributed by atoms with Crippen molar-refractivity contribution in [3.8, 4) is 0 Å². The average molecular weight is 168 g/mol. The maximum absolute atomic E-state index is 4.33. The molecule has 3 heteroatoms. The van der Waals surface area contributed by atoms with E-state index in [2.05, 4.69) is 37.9 Å². The van der Waals surface area contributed by atoms with Gasteiger partial charge in [0, 0.05) is 13.2 Å². The van der Waals surface area contributed by atoms with Crippen LogP contribution < -0.4 is 5.19 Å². The maximum Gasteiger partial charge on any atom is 0.0820 e. The topological polar surface area (TPSA) is 17.8 Å². The molecule has 1 aromatic heterocycles. The lowest BCUT2D eigenvalue weighted by molar-refractivity contribution is 0.756. The molecule has 0 spiro atoms. The van der Waals surface area contributed by atoms with E-state index in [4.69, 9.17) is 0 Å². The molecule has 0 atom stereocenters. The van der Waals surface area contributed by atoms with E-state index in [0.29, 0.717) is 0 Å². The quantitative estimate of drug-likeness (QED) is 0.578. The van der Waals surface area contributed by atoms with Gasteiger partial charge in [0.15, 0.2) is 0 Å². The fourth-order valence-corrected chi connectivity index (χ4v) is 3.05. The second-order valence-corrected chi connectivity index (χ2v) is 9.09. The first-order chi connectivity index (χ1) is 4.91. The Bertz CT molecular complexity index is 258. The van der Waals surface area contributed by atoms with Crippen molar-refractivity contribution in [1.82, 2.24) is 9.78 Å². The minimum Gasteiger partial charge on any atom is -0.276 e. The lowest BCUT2D eigenvalue weighted by atomic mass is 10.5. The van der Waals surface area contributed by atoms with Crippen LogP contribution in [0.2, 0.25) is 19.6 Å². The van der Waals surface area contributed by atoms with Gasteiger partial charge in [-0.3, -0.25) is 4.68 Å². The molecule has 0 saturated carbocycles. The predicted molar refractivity (Wildman–Crippen MR) is 50.9 cm³/mol. The summed E-state index contributed by atoms with van der Waals surface area (Å²) in [5.74, 6) is 0. The zero-order valence-electron chi connectivity index (χ0n) is 7.97. The van der Waals surface area contributed by atoms with Gasteiger partial charge in [0.1, 0.15) is 0 Å². The maximum atomic E-state index is 4.33. The molecule has 0 aromatic carbocycles. The van der Waals surface area contributed by atoms with Crippen LogP contribution >= 0.6 is 0 Å². The van der Waals surface area contributed by atoms with E-state index >= 15 is 0 Å². The van der Waals surface area contributed by atoms with Crippen molar-refractivity contribution in [2.24, 2.45) is 7.05 Å². The van der Waals surface area contributed by atoms with Gasteiger partial charge in [0.2, 0.25) is 0 Å². The molecule has 0 aliphatic heterocycles. The molecule has 1 aromatic rings. The van der Waals surface area contributed by atoms with E-state index in [1.165, 1.54) is 10.9 Å². The number of aromatic nitrogens is 2. The van der Waals surface area contributed by atoms with Crippen LogP contribution in [0.25, 0.3) is 0 Å². The van der Waals surface area contributed by atoms with Crippen LogP contribution in [0.4, 0.5) is 0 Å². The molecule has 1 rings (SSSR count). The summed E-state index contributed by atoms with van der Waals surface area (Å²) in [5.41, 5.74) is 1.20. The van der Waals surface area contributed by atoms with Gasteiger partial charge in [0.05, 0.1) is 13.8 Å². The normalized spacial score (nSPS) is 12.1. The molecule has 0 unspecified atom stereocenters. The Morgan fingerprint density at radius 3 is 2.09 bits per heavy atom. The second kappa shape index (κ2) is 2.48. The van der Waals surface area contributed by atoms with Crippen molar-refractivity contribution < 1.29 is 0 Å². The third-order valence-corrected chi connectivity index (χ3v) is 3.93. The van der Waals surface area contributed by atoms with Crippen LogP contribution in [0.3, 0.4) is 0 Å². The number of aryl methyl sites for hydroxylation is 2. The first kappa shape index (κ1) is 8.52. The summed E-state index contributed by atoms with van der Waals surface area (Å²) in [6.45, 7) is 9.12. The molecule has 0 fully saturated rings. The summed E-state index contributed by atoms with van der Waals surface area (Å²) in [4.78, 5) is 0. The minimum atomic E-state index is -1.14. The van der Waals surface area contributed by atoms with Crippen molar-refractivity contribution in [3.63, 3.8) is 0 Å². The van der Waals surface area contributed by atoms with Crippen molar-refractivity contribution in [1.29, 1.82) is 0 Å². The molecule has 0 amide bonds. The van der Waals surface area contributed by atoms with E-state index in [-0.39, 0.29) is 0 Å². The molecular formula is C8H16N2Si. The summed E-state index contributed by atoms with van der Waals surface area (Å²) in [5, 5.41) is 5.80. The van der Waals surface area contributed by atoms with Crippen molar-refractivity contribution in [3.05, 3.63) is 11.9 Å². The lowest BCUT2D eigenvalue weighted by Crippen LogP contribution is -2.38. The molecule has 0 radical (unpaired) electrons. The highest BCUT2D eigenvalue weighted by molar-refractivity contribution is 6.88. The fraction of sp³-hybridized carbons (Fsp3) is 0.625. The van der Waals surface area contributed by atoms with E-state index in [1.807, 2.05) is 11.7 Å². The number of hydrogen-bond acceptors (Lipinski definition) is 1. The standard InChI is InChI=1S/C8H16N2Si/c1-7-8(11(3,4)5)6-10(2)9-7/h6H,1-5H3. The van der Waals surface area contributed by atoms with Crippen LogP contribution in [0.5, 0.6) is 0 Å². The molecule has 2 nitrogen and oxygen atoms in total. The Morgan fingerprint density at radius 1 is 1.36 bits per heavy atom. The Labute approximate surface area is 69.2 Å². The van der Waals surface area contributed by atoms with Crippen molar-refractivity contribution in [2.75, 3.05) is 0 Å². The van der Waals surface area contributed by atoms with Gasteiger partial charge in [-0.2, -0.15) is 5.10 Å². The number of nitrogens with zero attached hydrogens (tertiary/aromatic N) is 2. The first-order valence-corrected chi connectivity index (χ1v) is 7.42. The second-order valence-electron chi connectivity index (χ2n) is 4.05. The lowest BCUT2D eigenvalue weighted by Gasteiger charge is -2.13. The highest BCUT2D eigenvalue weighted by Crippen LogP contribution is 2.03. The number of hydrogen-bond donors (Lipinski definition) is 0. The molecule has 0 aliphatic carbocycles. The van der Waals surface area contributed by atoms with Gasteiger partial charge in [-0.15, -0.1) is 0 Å². The van der Waals surface area contributed by atoms with Crippen molar-refractivity contribution >= 4 is 13.3 Å². The van der Waals surface area contributed by atoms with Gasteiger partial charge >= 0.3 is 0 Å². The van der Waals surface area contributed by atoms with E-state index in [1.54, 1.807) is 0 Å². The van der Waals surface area contributed by atoms with Crippen molar-refractivity contribution in [2.45, 2.75) is 26.6 Å². The van der Waals surface area contributed by atoms with Gasteiger partial charge < -0.3 is 0 Å². The van der Waals surface area contributed by atoms with E-state index in [9.17, 15) is 0 Å².